The highest BCUT2D eigenvalue weighted by molar-refractivity contribution is 5.62. The van der Waals surface area contributed by atoms with Gasteiger partial charge in [-0.2, -0.15) is 0 Å². The lowest BCUT2D eigenvalue weighted by atomic mass is 9.68. The first-order valence-electron chi connectivity index (χ1n) is 4.93. The lowest BCUT2D eigenvalue weighted by molar-refractivity contribution is 0.163. The van der Waals surface area contributed by atoms with Gasteiger partial charge in [0.15, 0.2) is 0 Å². The lowest BCUT2D eigenvalue weighted by Gasteiger charge is -2.37. The molecule has 2 saturated carbocycles. The molecule has 2 aliphatic heterocycles. The fourth-order valence-corrected chi connectivity index (χ4v) is 3.35. The molecule has 0 radical (unpaired) electrons. The Bertz CT molecular complexity index is 165. The third kappa shape index (κ3) is 0.935. The first-order valence-corrected chi connectivity index (χ1v) is 4.93. The molecule has 4 aliphatic rings. The van der Waals surface area contributed by atoms with Gasteiger partial charge >= 0.3 is 0 Å². The van der Waals surface area contributed by atoms with Gasteiger partial charge in [0.1, 0.15) is 0 Å². The fourth-order valence-electron chi connectivity index (χ4n) is 3.35. The van der Waals surface area contributed by atoms with Gasteiger partial charge in [-0.1, -0.05) is 0 Å². The summed E-state index contributed by atoms with van der Waals surface area (Å²) in [6.45, 7) is 0. The van der Waals surface area contributed by atoms with Crippen LogP contribution in [-0.4, -0.2) is 12.3 Å². The first kappa shape index (κ1) is 6.22. The van der Waals surface area contributed by atoms with Crippen LogP contribution in [0.15, 0.2) is 4.99 Å². The number of hydrogen-bond donors (Lipinski definition) is 0. The van der Waals surface area contributed by atoms with Crippen LogP contribution in [0.3, 0.4) is 0 Å². The number of hydrogen-bond acceptors (Lipinski definition) is 1. The van der Waals surface area contributed by atoms with Crippen LogP contribution in [0.5, 0.6) is 0 Å². The van der Waals surface area contributed by atoms with Crippen LogP contribution >= 0.6 is 0 Å². The third-order valence-electron chi connectivity index (χ3n) is 3.66. The Morgan fingerprint density at radius 3 is 2.36 bits per heavy atom. The maximum absolute atomic E-state index is 4.64. The highest BCUT2D eigenvalue weighted by Crippen LogP contribution is 2.44. The molecule has 4 rings (SSSR count). The molecular weight excluding hydrogens is 134 g/mol. The predicted octanol–water partition coefficient (Wildman–Crippen LogP) is 2.27. The number of rotatable bonds is 0. The molecule has 2 unspecified atom stereocenters. The van der Waals surface area contributed by atoms with Gasteiger partial charge in [0.2, 0.25) is 0 Å². The standard InChI is InChI=1S/C10H15N/c1-7-2-9-3-8(1)5-10(4-7)11-6-9/h6-10H,1-5H2. The summed E-state index contributed by atoms with van der Waals surface area (Å²) in [5, 5.41) is 0. The molecule has 0 aromatic heterocycles. The van der Waals surface area contributed by atoms with E-state index in [4.69, 9.17) is 0 Å². The minimum atomic E-state index is 0.728. The van der Waals surface area contributed by atoms with Gasteiger partial charge in [-0.05, 0) is 49.9 Å². The van der Waals surface area contributed by atoms with Crippen molar-refractivity contribution in [2.75, 3.05) is 0 Å². The van der Waals surface area contributed by atoms with Gasteiger partial charge in [0, 0.05) is 6.21 Å². The summed E-state index contributed by atoms with van der Waals surface area (Å²) in [6, 6.07) is 0.728. The molecule has 60 valence electrons. The Morgan fingerprint density at radius 1 is 0.909 bits per heavy atom. The molecule has 0 spiro atoms. The Hall–Kier alpha value is -0.330. The van der Waals surface area contributed by atoms with Crippen molar-refractivity contribution in [1.82, 2.24) is 0 Å². The highest BCUT2D eigenvalue weighted by Gasteiger charge is 2.37. The summed E-state index contributed by atoms with van der Waals surface area (Å²) >= 11 is 0. The van der Waals surface area contributed by atoms with Crippen molar-refractivity contribution in [3.8, 4) is 0 Å². The molecule has 4 bridgehead atoms. The third-order valence-corrected chi connectivity index (χ3v) is 3.66. The highest BCUT2D eigenvalue weighted by atomic mass is 14.8. The molecule has 0 saturated heterocycles. The average molecular weight is 149 g/mol. The number of aliphatic imine (C=N–C) groups is 1. The molecular formula is C10H15N. The monoisotopic (exact) mass is 149 g/mol. The quantitative estimate of drug-likeness (QED) is 0.501. The molecule has 0 N–H and O–H groups in total. The van der Waals surface area contributed by atoms with Crippen LogP contribution in [0.2, 0.25) is 0 Å². The molecule has 2 heterocycles. The molecule has 1 heteroatoms. The predicted molar refractivity (Wildman–Crippen MR) is 45.8 cm³/mol. The Labute approximate surface area is 67.9 Å². The van der Waals surface area contributed by atoms with E-state index in [1.54, 1.807) is 0 Å². The van der Waals surface area contributed by atoms with Gasteiger partial charge < -0.3 is 0 Å². The minimum absolute atomic E-state index is 0.728. The fraction of sp³-hybridized carbons (Fsp3) is 0.900. The van der Waals surface area contributed by atoms with Crippen molar-refractivity contribution >= 4 is 6.21 Å². The van der Waals surface area contributed by atoms with Gasteiger partial charge in [-0.15, -0.1) is 0 Å². The Kier molecular flexibility index (Phi) is 1.18. The summed E-state index contributed by atoms with van der Waals surface area (Å²) in [4.78, 5) is 4.64. The van der Waals surface area contributed by atoms with E-state index >= 15 is 0 Å². The van der Waals surface area contributed by atoms with Crippen molar-refractivity contribution in [2.45, 2.75) is 38.1 Å². The molecule has 1 nitrogen and oxygen atoms in total. The average Bonchev–Trinajstić information content (AvgIpc) is 2.18. The van der Waals surface area contributed by atoms with Crippen molar-refractivity contribution in [2.24, 2.45) is 22.7 Å². The molecule has 11 heavy (non-hydrogen) atoms. The summed E-state index contributed by atoms with van der Waals surface area (Å²) in [6.07, 6.45) is 9.51. The zero-order chi connectivity index (χ0) is 7.26. The van der Waals surface area contributed by atoms with Crippen molar-refractivity contribution in [3.63, 3.8) is 0 Å². The zero-order valence-corrected chi connectivity index (χ0v) is 6.87. The maximum atomic E-state index is 4.64. The molecule has 0 aromatic carbocycles. The van der Waals surface area contributed by atoms with Crippen molar-refractivity contribution in [3.05, 3.63) is 0 Å². The molecule has 0 aromatic rings. The molecule has 0 amide bonds. The van der Waals surface area contributed by atoms with Gasteiger partial charge in [0.05, 0.1) is 6.04 Å². The van der Waals surface area contributed by atoms with Gasteiger partial charge in [-0.3, -0.25) is 4.99 Å². The molecule has 2 atom stereocenters. The zero-order valence-electron chi connectivity index (χ0n) is 6.87. The van der Waals surface area contributed by atoms with Crippen LogP contribution in [0.4, 0.5) is 0 Å². The van der Waals surface area contributed by atoms with Crippen LogP contribution in [0.25, 0.3) is 0 Å². The summed E-state index contributed by atoms with van der Waals surface area (Å²) in [5.74, 6) is 2.95. The van der Waals surface area contributed by atoms with E-state index in [0.717, 1.165) is 23.8 Å². The van der Waals surface area contributed by atoms with Crippen LogP contribution in [0, 0.1) is 17.8 Å². The van der Waals surface area contributed by atoms with Gasteiger partial charge in [0.25, 0.3) is 0 Å². The number of nitrogens with zero attached hydrogens (tertiary/aromatic N) is 1. The summed E-state index contributed by atoms with van der Waals surface area (Å²) in [7, 11) is 0. The normalized spacial score (nSPS) is 53.1. The Morgan fingerprint density at radius 2 is 1.64 bits per heavy atom. The van der Waals surface area contributed by atoms with Crippen LogP contribution in [-0.2, 0) is 0 Å². The van der Waals surface area contributed by atoms with Crippen molar-refractivity contribution < 1.29 is 0 Å². The second-order valence-electron chi connectivity index (χ2n) is 4.62. The van der Waals surface area contributed by atoms with E-state index in [2.05, 4.69) is 11.2 Å². The van der Waals surface area contributed by atoms with E-state index in [1.807, 2.05) is 0 Å². The largest absolute Gasteiger partial charge is 0.294 e. The van der Waals surface area contributed by atoms with Crippen LogP contribution < -0.4 is 0 Å². The Balaban J connectivity index is 1.96. The topological polar surface area (TPSA) is 12.4 Å². The smallest absolute Gasteiger partial charge is 0.0501 e. The van der Waals surface area contributed by atoms with E-state index in [0.29, 0.717) is 0 Å². The van der Waals surface area contributed by atoms with E-state index in [1.165, 1.54) is 32.1 Å². The van der Waals surface area contributed by atoms with Crippen molar-refractivity contribution in [1.29, 1.82) is 0 Å². The maximum Gasteiger partial charge on any atom is 0.0501 e. The van der Waals surface area contributed by atoms with E-state index in [-0.39, 0.29) is 0 Å². The van der Waals surface area contributed by atoms with Crippen LogP contribution in [0.1, 0.15) is 32.1 Å². The second kappa shape index (κ2) is 2.09. The first-order chi connectivity index (χ1) is 5.40. The minimum Gasteiger partial charge on any atom is -0.294 e. The van der Waals surface area contributed by atoms with Gasteiger partial charge in [-0.25, -0.2) is 0 Å². The lowest BCUT2D eigenvalue weighted by Crippen LogP contribution is -2.29. The SMILES string of the molecule is C1=NC2CC3CC1CC(C3)C2. The summed E-state index contributed by atoms with van der Waals surface area (Å²) < 4.78 is 0. The van der Waals surface area contributed by atoms with E-state index in [9.17, 15) is 0 Å². The summed E-state index contributed by atoms with van der Waals surface area (Å²) in [5.41, 5.74) is 0. The second-order valence-corrected chi connectivity index (χ2v) is 4.62. The molecule has 2 aliphatic carbocycles. The van der Waals surface area contributed by atoms with E-state index < -0.39 is 0 Å². The molecule has 2 fully saturated rings.